The number of nitrogens with zero attached hydrogens (tertiary/aromatic N) is 1. The fraction of sp³-hybridized carbons (Fsp3) is 0.917. The Balaban J connectivity index is 2.62. The van der Waals surface area contributed by atoms with Crippen molar-refractivity contribution < 1.29 is 5.11 Å². The Hall–Kier alpha value is -0.200. The van der Waals surface area contributed by atoms with E-state index in [0.29, 0.717) is 5.92 Å². The van der Waals surface area contributed by atoms with Crippen LogP contribution in [0.3, 0.4) is 0 Å². The maximum Gasteiger partial charge on any atom is 0.0835 e. The summed E-state index contributed by atoms with van der Waals surface area (Å²) in [7, 11) is 0. The predicted molar refractivity (Wildman–Crippen MR) is 64.7 cm³/mol. The molecule has 0 amide bonds. The third-order valence-corrected chi connectivity index (χ3v) is 4.13. The lowest BCUT2D eigenvalue weighted by atomic mass is 9.67. The van der Waals surface area contributed by atoms with Gasteiger partial charge in [-0.1, -0.05) is 19.8 Å². The zero-order chi connectivity index (χ0) is 11.3. The Morgan fingerprint density at radius 1 is 1.67 bits per heavy atom. The van der Waals surface area contributed by atoms with E-state index < -0.39 is 11.5 Å². The highest BCUT2D eigenvalue weighted by molar-refractivity contribution is 7.98. The molecule has 15 heavy (non-hydrogen) atoms. The average molecular weight is 227 g/mol. The zero-order valence-corrected chi connectivity index (χ0v) is 10.5. The van der Waals surface area contributed by atoms with Gasteiger partial charge in [-0.15, -0.1) is 0 Å². The first-order valence-electron chi connectivity index (χ1n) is 5.73. The van der Waals surface area contributed by atoms with Gasteiger partial charge in [-0.05, 0) is 37.2 Å². The molecule has 0 aromatic carbocycles. The molecule has 0 aliphatic heterocycles. The van der Waals surface area contributed by atoms with Gasteiger partial charge in [0.2, 0.25) is 0 Å². The minimum Gasteiger partial charge on any atom is -0.391 e. The van der Waals surface area contributed by atoms with Crippen LogP contribution in [0, 0.1) is 22.7 Å². The number of aliphatic hydroxyl groups excluding tert-OH is 1. The van der Waals surface area contributed by atoms with E-state index >= 15 is 0 Å². The quantitative estimate of drug-likeness (QED) is 0.803. The molecule has 2 nitrogen and oxygen atoms in total. The molecule has 3 atom stereocenters. The highest BCUT2D eigenvalue weighted by atomic mass is 32.2. The third-order valence-electron chi connectivity index (χ3n) is 3.49. The topological polar surface area (TPSA) is 44.0 Å². The Bertz CT molecular complexity index is 238. The van der Waals surface area contributed by atoms with Crippen molar-refractivity contribution in [1.29, 1.82) is 5.26 Å². The van der Waals surface area contributed by atoms with Crippen molar-refractivity contribution in [3.8, 4) is 6.07 Å². The van der Waals surface area contributed by atoms with Gasteiger partial charge in [-0.2, -0.15) is 17.0 Å². The van der Waals surface area contributed by atoms with E-state index in [1.165, 1.54) is 6.42 Å². The van der Waals surface area contributed by atoms with E-state index in [2.05, 4.69) is 13.0 Å². The summed E-state index contributed by atoms with van der Waals surface area (Å²) >= 11 is 1.73. The summed E-state index contributed by atoms with van der Waals surface area (Å²) in [5, 5.41) is 19.4. The molecule has 1 N–H and O–H groups in total. The Kier molecular flexibility index (Phi) is 4.95. The fourth-order valence-electron chi connectivity index (χ4n) is 2.58. The number of thioether (sulfide) groups is 1. The fourth-order valence-corrected chi connectivity index (χ4v) is 3.04. The van der Waals surface area contributed by atoms with Crippen LogP contribution < -0.4 is 0 Å². The standard InChI is InChI=1S/C12H21NOS/c1-10-4-3-6-12(8-10,9-13)11(14)5-7-15-2/h10-11,14H,3-8H2,1-2H3. The summed E-state index contributed by atoms with van der Waals surface area (Å²) in [6, 6.07) is 2.40. The van der Waals surface area contributed by atoms with Gasteiger partial charge in [0, 0.05) is 0 Å². The number of nitriles is 1. The lowest BCUT2D eigenvalue weighted by Crippen LogP contribution is -2.38. The van der Waals surface area contributed by atoms with Gasteiger partial charge >= 0.3 is 0 Å². The number of hydrogen-bond acceptors (Lipinski definition) is 3. The van der Waals surface area contributed by atoms with Crippen LogP contribution in [0.2, 0.25) is 0 Å². The van der Waals surface area contributed by atoms with E-state index in [9.17, 15) is 10.4 Å². The van der Waals surface area contributed by atoms with Gasteiger partial charge in [-0.3, -0.25) is 0 Å². The molecule has 0 heterocycles. The van der Waals surface area contributed by atoms with E-state index in [-0.39, 0.29) is 0 Å². The largest absolute Gasteiger partial charge is 0.391 e. The molecule has 1 saturated carbocycles. The van der Waals surface area contributed by atoms with Gasteiger partial charge in [0.25, 0.3) is 0 Å². The molecule has 0 aromatic heterocycles. The van der Waals surface area contributed by atoms with Crippen LogP contribution in [-0.4, -0.2) is 23.2 Å². The van der Waals surface area contributed by atoms with Crippen molar-refractivity contribution in [2.24, 2.45) is 11.3 Å². The highest BCUT2D eigenvalue weighted by Gasteiger charge is 2.41. The second kappa shape index (κ2) is 5.77. The van der Waals surface area contributed by atoms with Gasteiger partial charge in [0.15, 0.2) is 0 Å². The Morgan fingerprint density at radius 2 is 2.40 bits per heavy atom. The minimum absolute atomic E-state index is 0.433. The molecular formula is C12H21NOS. The van der Waals surface area contributed by atoms with Crippen molar-refractivity contribution >= 4 is 11.8 Å². The summed E-state index contributed by atoms with van der Waals surface area (Å²) in [5.74, 6) is 1.53. The second-order valence-corrected chi connectivity index (χ2v) is 5.75. The minimum atomic E-state index is -0.451. The Labute approximate surface area is 97.1 Å². The smallest absolute Gasteiger partial charge is 0.0835 e. The van der Waals surface area contributed by atoms with Crippen LogP contribution in [0.15, 0.2) is 0 Å². The first-order chi connectivity index (χ1) is 7.14. The molecule has 0 bridgehead atoms. The van der Waals surface area contributed by atoms with E-state index in [0.717, 1.165) is 31.4 Å². The monoisotopic (exact) mass is 227 g/mol. The van der Waals surface area contributed by atoms with Gasteiger partial charge in [0.1, 0.15) is 0 Å². The molecule has 0 aromatic rings. The SMILES string of the molecule is CSCCC(O)C1(C#N)CCCC(C)C1. The van der Waals surface area contributed by atoms with E-state index in [1.807, 2.05) is 6.26 Å². The molecule has 1 fully saturated rings. The van der Waals surface area contributed by atoms with Crippen LogP contribution >= 0.6 is 11.8 Å². The third kappa shape index (κ3) is 3.12. The second-order valence-electron chi connectivity index (χ2n) is 4.77. The maximum absolute atomic E-state index is 10.1. The molecule has 1 aliphatic carbocycles. The highest BCUT2D eigenvalue weighted by Crippen LogP contribution is 2.42. The first kappa shape index (κ1) is 12.9. The summed E-state index contributed by atoms with van der Waals surface area (Å²) in [6.45, 7) is 2.19. The van der Waals surface area contributed by atoms with Crippen molar-refractivity contribution in [2.75, 3.05) is 12.0 Å². The first-order valence-corrected chi connectivity index (χ1v) is 7.12. The molecule has 0 radical (unpaired) electrons. The van der Waals surface area contributed by atoms with Crippen LogP contribution in [0.4, 0.5) is 0 Å². The molecular weight excluding hydrogens is 206 g/mol. The molecule has 3 heteroatoms. The van der Waals surface area contributed by atoms with Crippen molar-refractivity contribution in [3.05, 3.63) is 0 Å². The van der Waals surface area contributed by atoms with Crippen molar-refractivity contribution in [2.45, 2.75) is 45.1 Å². The number of hydrogen-bond donors (Lipinski definition) is 1. The number of aliphatic hydroxyl groups is 1. The predicted octanol–water partition coefficient (Wildman–Crippen LogP) is 2.82. The summed E-state index contributed by atoms with van der Waals surface area (Å²) in [5.41, 5.74) is -0.451. The van der Waals surface area contributed by atoms with Crippen molar-refractivity contribution in [1.82, 2.24) is 0 Å². The van der Waals surface area contributed by atoms with Gasteiger partial charge in [-0.25, -0.2) is 0 Å². The molecule has 3 unspecified atom stereocenters. The molecule has 0 spiro atoms. The lowest BCUT2D eigenvalue weighted by molar-refractivity contribution is 0.0218. The normalized spacial score (nSPS) is 33.3. The van der Waals surface area contributed by atoms with Crippen LogP contribution in [0.25, 0.3) is 0 Å². The Morgan fingerprint density at radius 3 is 2.93 bits per heavy atom. The maximum atomic E-state index is 10.1. The molecule has 86 valence electrons. The van der Waals surface area contributed by atoms with Crippen LogP contribution in [0.5, 0.6) is 0 Å². The zero-order valence-electron chi connectivity index (χ0n) is 9.70. The van der Waals surface area contributed by atoms with Gasteiger partial charge in [0.05, 0.1) is 17.6 Å². The van der Waals surface area contributed by atoms with E-state index in [1.54, 1.807) is 11.8 Å². The molecule has 1 aliphatic rings. The average Bonchev–Trinajstić information content (AvgIpc) is 2.25. The summed E-state index contributed by atoms with van der Waals surface area (Å²) in [4.78, 5) is 0. The lowest BCUT2D eigenvalue weighted by Gasteiger charge is -2.38. The van der Waals surface area contributed by atoms with Crippen molar-refractivity contribution in [3.63, 3.8) is 0 Å². The van der Waals surface area contributed by atoms with Crippen LogP contribution in [0.1, 0.15) is 39.0 Å². The summed E-state index contributed by atoms with van der Waals surface area (Å²) < 4.78 is 0. The molecule has 1 rings (SSSR count). The summed E-state index contributed by atoms with van der Waals surface area (Å²) in [6.07, 6.45) is 6.40. The number of rotatable bonds is 4. The van der Waals surface area contributed by atoms with E-state index in [4.69, 9.17) is 0 Å². The van der Waals surface area contributed by atoms with Crippen LogP contribution in [-0.2, 0) is 0 Å². The van der Waals surface area contributed by atoms with Gasteiger partial charge < -0.3 is 5.11 Å². The molecule has 0 saturated heterocycles.